The largest absolute Gasteiger partial charge is 0.394 e. The summed E-state index contributed by atoms with van der Waals surface area (Å²) in [7, 11) is 0. The molecule has 88 valence electrons. The van der Waals surface area contributed by atoms with Crippen LogP contribution in [-0.4, -0.2) is 41.9 Å². The molecule has 0 unspecified atom stereocenters. The Morgan fingerprint density at radius 1 is 1.31 bits per heavy atom. The highest BCUT2D eigenvalue weighted by Crippen LogP contribution is 2.13. The van der Waals surface area contributed by atoms with Crippen LogP contribution in [0.3, 0.4) is 0 Å². The Balaban J connectivity index is 1.94. The molecule has 0 radical (unpaired) electrons. The molecule has 3 nitrogen and oxygen atoms in total. The lowest BCUT2D eigenvalue weighted by atomic mass is 10.1. The van der Waals surface area contributed by atoms with E-state index in [2.05, 4.69) is 36.1 Å². The fraction of sp³-hybridized carbons (Fsp3) is 0.538. The minimum Gasteiger partial charge on any atom is -0.394 e. The quantitative estimate of drug-likeness (QED) is 0.834. The number of aliphatic hydroxyl groups is 1. The Labute approximate surface area is 96.6 Å². The van der Waals surface area contributed by atoms with E-state index in [4.69, 9.17) is 9.84 Å². The van der Waals surface area contributed by atoms with Gasteiger partial charge in [-0.15, -0.1) is 0 Å². The Morgan fingerprint density at radius 2 is 2.06 bits per heavy atom. The van der Waals surface area contributed by atoms with Crippen molar-refractivity contribution >= 4 is 0 Å². The third-order valence-electron chi connectivity index (χ3n) is 2.85. The second-order valence-corrected chi connectivity index (χ2v) is 4.43. The Bertz CT molecular complexity index is 315. The van der Waals surface area contributed by atoms with E-state index in [1.165, 1.54) is 5.56 Å². The molecule has 16 heavy (non-hydrogen) atoms. The van der Waals surface area contributed by atoms with Crippen LogP contribution >= 0.6 is 0 Å². The van der Waals surface area contributed by atoms with Gasteiger partial charge >= 0.3 is 0 Å². The molecule has 1 aromatic carbocycles. The summed E-state index contributed by atoms with van der Waals surface area (Å²) in [6.45, 7) is 4.85. The van der Waals surface area contributed by atoms with Crippen molar-refractivity contribution in [3.8, 4) is 0 Å². The van der Waals surface area contributed by atoms with Crippen molar-refractivity contribution in [3.05, 3.63) is 35.9 Å². The lowest BCUT2D eigenvalue weighted by molar-refractivity contribution is -0.0972. The van der Waals surface area contributed by atoms with E-state index in [0.717, 1.165) is 19.6 Å². The zero-order valence-electron chi connectivity index (χ0n) is 9.67. The Morgan fingerprint density at radius 3 is 2.75 bits per heavy atom. The molecule has 0 bridgehead atoms. The van der Waals surface area contributed by atoms with Gasteiger partial charge in [0.05, 0.1) is 18.8 Å². The van der Waals surface area contributed by atoms with E-state index in [-0.39, 0.29) is 18.8 Å². The number of morpholine rings is 1. The molecule has 3 heteroatoms. The maximum absolute atomic E-state index is 9.14. The Kier molecular flexibility index (Phi) is 3.93. The highest BCUT2D eigenvalue weighted by molar-refractivity contribution is 5.14. The first-order valence-corrected chi connectivity index (χ1v) is 5.80. The van der Waals surface area contributed by atoms with Gasteiger partial charge in [0.15, 0.2) is 0 Å². The molecule has 2 rings (SSSR count). The van der Waals surface area contributed by atoms with E-state index in [1.54, 1.807) is 0 Å². The van der Waals surface area contributed by atoms with E-state index in [0.29, 0.717) is 0 Å². The van der Waals surface area contributed by atoms with Crippen molar-refractivity contribution in [1.82, 2.24) is 4.90 Å². The third kappa shape index (κ3) is 3.04. The zero-order valence-corrected chi connectivity index (χ0v) is 9.67. The number of rotatable bonds is 3. The van der Waals surface area contributed by atoms with Crippen LogP contribution in [0.15, 0.2) is 30.3 Å². The lowest BCUT2D eigenvalue weighted by Gasteiger charge is -2.36. The first-order chi connectivity index (χ1) is 7.78. The predicted octanol–water partition coefficient (Wildman–Crippen LogP) is 1.27. The highest BCUT2D eigenvalue weighted by atomic mass is 16.5. The van der Waals surface area contributed by atoms with Gasteiger partial charge in [-0.2, -0.15) is 0 Å². The third-order valence-corrected chi connectivity index (χ3v) is 2.85. The zero-order chi connectivity index (χ0) is 11.4. The van der Waals surface area contributed by atoms with Gasteiger partial charge in [0, 0.05) is 19.6 Å². The molecule has 0 aromatic heterocycles. The molecule has 1 aliphatic heterocycles. The van der Waals surface area contributed by atoms with Crippen molar-refractivity contribution in [2.24, 2.45) is 0 Å². The molecular weight excluding hydrogens is 202 g/mol. The molecule has 1 aromatic rings. The minimum absolute atomic E-state index is 0.0348. The van der Waals surface area contributed by atoms with Gasteiger partial charge in [-0.3, -0.25) is 4.90 Å². The van der Waals surface area contributed by atoms with Gasteiger partial charge in [0.1, 0.15) is 0 Å². The monoisotopic (exact) mass is 221 g/mol. The summed E-state index contributed by atoms with van der Waals surface area (Å²) in [5.41, 5.74) is 1.31. The van der Waals surface area contributed by atoms with Gasteiger partial charge in [0.2, 0.25) is 0 Å². The number of aliphatic hydroxyl groups excluding tert-OH is 1. The molecular formula is C13H19NO2. The fourth-order valence-electron chi connectivity index (χ4n) is 2.21. The second-order valence-electron chi connectivity index (χ2n) is 4.43. The molecule has 2 atom stereocenters. The fourth-order valence-corrected chi connectivity index (χ4v) is 2.21. The summed E-state index contributed by atoms with van der Waals surface area (Å²) in [5.74, 6) is 0. The first-order valence-electron chi connectivity index (χ1n) is 5.80. The number of hydrogen-bond donors (Lipinski definition) is 1. The molecule has 1 aliphatic rings. The first kappa shape index (κ1) is 11.6. The molecule has 1 saturated heterocycles. The summed E-state index contributed by atoms with van der Waals surface area (Å²) in [6, 6.07) is 10.4. The molecule has 1 heterocycles. The van der Waals surface area contributed by atoms with Crippen LogP contribution in [-0.2, 0) is 11.3 Å². The van der Waals surface area contributed by atoms with Gasteiger partial charge in [-0.1, -0.05) is 30.3 Å². The van der Waals surface area contributed by atoms with Crippen LogP contribution in [0.5, 0.6) is 0 Å². The van der Waals surface area contributed by atoms with Gasteiger partial charge < -0.3 is 9.84 Å². The second kappa shape index (κ2) is 5.43. The molecule has 0 saturated carbocycles. The smallest absolute Gasteiger partial charge is 0.0936 e. The maximum atomic E-state index is 9.14. The van der Waals surface area contributed by atoms with E-state index >= 15 is 0 Å². The van der Waals surface area contributed by atoms with Crippen molar-refractivity contribution in [2.45, 2.75) is 25.7 Å². The molecule has 0 amide bonds. The van der Waals surface area contributed by atoms with Crippen LogP contribution in [0.4, 0.5) is 0 Å². The van der Waals surface area contributed by atoms with Crippen LogP contribution in [0.25, 0.3) is 0 Å². The van der Waals surface area contributed by atoms with E-state index in [9.17, 15) is 0 Å². The summed E-state index contributed by atoms with van der Waals surface area (Å²) < 4.78 is 5.61. The molecule has 0 aliphatic carbocycles. The summed E-state index contributed by atoms with van der Waals surface area (Å²) >= 11 is 0. The number of hydrogen-bond acceptors (Lipinski definition) is 3. The van der Waals surface area contributed by atoms with Gasteiger partial charge in [-0.05, 0) is 12.5 Å². The van der Waals surface area contributed by atoms with E-state index < -0.39 is 0 Å². The Hall–Kier alpha value is -0.900. The molecule has 1 N–H and O–H groups in total. The summed E-state index contributed by atoms with van der Waals surface area (Å²) in [6.07, 6.45) is 0.169. The average Bonchev–Trinajstić information content (AvgIpc) is 2.29. The topological polar surface area (TPSA) is 32.7 Å². The van der Waals surface area contributed by atoms with Gasteiger partial charge in [0.25, 0.3) is 0 Å². The average molecular weight is 221 g/mol. The predicted molar refractivity (Wildman–Crippen MR) is 63.1 cm³/mol. The lowest BCUT2D eigenvalue weighted by Crippen LogP contribution is -2.47. The highest BCUT2D eigenvalue weighted by Gasteiger charge is 2.24. The van der Waals surface area contributed by atoms with Crippen LogP contribution in [0.2, 0.25) is 0 Å². The van der Waals surface area contributed by atoms with E-state index in [1.807, 2.05) is 6.07 Å². The van der Waals surface area contributed by atoms with Crippen molar-refractivity contribution in [1.29, 1.82) is 0 Å². The molecule has 0 spiro atoms. The van der Waals surface area contributed by atoms with Crippen molar-refractivity contribution < 1.29 is 9.84 Å². The van der Waals surface area contributed by atoms with Crippen LogP contribution < -0.4 is 0 Å². The maximum Gasteiger partial charge on any atom is 0.0936 e. The van der Waals surface area contributed by atoms with Crippen LogP contribution in [0.1, 0.15) is 12.5 Å². The summed E-state index contributed by atoms with van der Waals surface area (Å²) in [5, 5.41) is 9.14. The SMILES string of the molecule is C[C@H]1CN(Cc2ccccc2)C[C@@H](CO)O1. The number of benzene rings is 1. The summed E-state index contributed by atoms with van der Waals surface area (Å²) in [4.78, 5) is 2.34. The number of ether oxygens (including phenoxy) is 1. The van der Waals surface area contributed by atoms with Crippen molar-refractivity contribution in [2.75, 3.05) is 19.7 Å². The normalized spacial score (nSPS) is 26.9. The van der Waals surface area contributed by atoms with Gasteiger partial charge in [-0.25, -0.2) is 0 Å². The minimum atomic E-state index is -0.0348. The van der Waals surface area contributed by atoms with Crippen molar-refractivity contribution in [3.63, 3.8) is 0 Å². The van der Waals surface area contributed by atoms with Crippen LogP contribution in [0, 0.1) is 0 Å². The number of nitrogens with zero attached hydrogens (tertiary/aromatic N) is 1. The standard InChI is InChI=1S/C13H19NO2/c1-11-7-14(9-13(10-15)16-11)8-12-5-3-2-4-6-12/h2-6,11,13,15H,7-10H2,1H3/t11-,13-/m0/s1. The molecule has 1 fully saturated rings.